The number of unbranched alkanes of at least 4 members (excludes halogenated alkanes) is 1. The Morgan fingerprint density at radius 3 is 2.96 bits per heavy atom. The Balaban J connectivity index is 1.69. The molecule has 0 spiro atoms. The Bertz CT molecular complexity index is 752. The molecule has 0 aliphatic carbocycles. The monoisotopic (exact) mass is 362 g/mol. The van der Waals surface area contributed by atoms with Crippen molar-refractivity contribution in [3.8, 4) is 0 Å². The summed E-state index contributed by atoms with van der Waals surface area (Å²) in [5, 5.41) is 8.33. The SMILES string of the molecule is CCCCSCc1cc(C(=O)N2Cc3nnc(C)n3[C@@H](C)C2)oc1C. The van der Waals surface area contributed by atoms with E-state index in [1.807, 2.05) is 31.7 Å². The average molecular weight is 362 g/mol. The van der Waals surface area contributed by atoms with Crippen molar-refractivity contribution in [1.29, 1.82) is 0 Å². The molecule has 0 unspecified atom stereocenters. The third-order valence-electron chi connectivity index (χ3n) is 4.61. The van der Waals surface area contributed by atoms with E-state index in [1.54, 1.807) is 4.90 Å². The number of thioether (sulfide) groups is 1. The van der Waals surface area contributed by atoms with Crippen molar-refractivity contribution < 1.29 is 9.21 Å². The minimum absolute atomic E-state index is 0.0633. The van der Waals surface area contributed by atoms with E-state index < -0.39 is 0 Å². The molecule has 1 atom stereocenters. The highest BCUT2D eigenvalue weighted by molar-refractivity contribution is 7.98. The summed E-state index contributed by atoms with van der Waals surface area (Å²) in [4.78, 5) is 14.7. The normalized spacial score (nSPS) is 17.0. The van der Waals surface area contributed by atoms with Crippen LogP contribution in [0, 0.1) is 13.8 Å². The lowest BCUT2D eigenvalue weighted by Crippen LogP contribution is -2.40. The molecule has 1 aliphatic heterocycles. The fourth-order valence-corrected chi connectivity index (χ4v) is 4.38. The number of furan rings is 1. The van der Waals surface area contributed by atoms with Gasteiger partial charge in [-0.05, 0) is 39.0 Å². The Hall–Kier alpha value is -1.76. The molecule has 2 aromatic heterocycles. The van der Waals surface area contributed by atoms with Gasteiger partial charge in [0.2, 0.25) is 0 Å². The molecule has 2 aromatic rings. The number of aryl methyl sites for hydroxylation is 2. The van der Waals surface area contributed by atoms with E-state index in [-0.39, 0.29) is 11.9 Å². The topological polar surface area (TPSA) is 64.2 Å². The van der Waals surface area contributed by atoms with Gasteiger partial charge in [0, 0.05) is 17.9 Å². The molecule has 3 heterocycles. The highest BCUT2D eigenvalue weighted by atomic mass is 32.2. The van der Waals surface area contributed by atoms with Crippen molar-refractivity contribution >= 4 is 17.7 Å². The molecular weight excluding hydrogens is 336 g/mol. The van der Waals surface area contributed by atoms with Crippen LogP contribution < -0.4 is 0 Å². The summed E-state index contributed by atoms with van der Waals surface area (Å²) in [5.74, 6) is 4.98. The fourth-order valence-electron chi connectivity index (χ4n) is 3.24. The van der Waals surface area contributed by atoms with Crippen LogP contribution in [0.1, 0.15) is 66.3 Å². The lowest BCUT2D eigenvalue weighted by atomic mass is 10.2. The van der Waals surface area contributed by atoms with E-state index in [0.717, 1.165) is 34.5 Å². The van der Waals surface area contributed by atoms with Gasteiger partial charge in [-0.3, -0.25) is 4.79 Å². The van der Waals surface area contributed by atoms with Crippen LogP contribution in [0.15, 0.2) is 10.5 Å². The first-order valence-electron chi connectivity index (χ1n) is 8.88. The first-order valence-corrected chi connectivity index (χ1v) is 10.0. The Morgan fingerprint density at radius 1 is 1.40 bits per heavy atom. The third kappa shape index (κ3) is 3.76. The van der Waals surface area contributed by atoms with Gasteiger partial charge in [-0.2, -0.15) is 11.8 Å². The number of hydrogen-bond acceptors (Lipinski definition) is 5. The van der Waals surface area contributed by atoms with E-state index in [4.69, 9.17) is 4.42 Å². The molecule has 25 heavy (non-hydrogen) atoms. The number of amides is 1. The zero-order valence-corrected chi connectivity index (χ0v) is 16.2. The summed E-state index contributed by atoms with van der Waals surface area (Å²) in [5.41, 5.74) is 1.12. The number of fused-ring (bicyclic) bond motifs is 1. The van der Waals surface area contributed by atoms with Crippen molar-refractivity contribution in [3.05, 3.63) is 34.8 Å². The number of aromatic nitrogens is 3. The second kappa shape index (κ2) is 7.64. The Morgan fingerprint density at radius 2 is 2.20 bits per heavy atom. The van der Waals surface area contributed by atoms with Crippen LogP contribution in [0.3, 0.4) is 0 Å². The number of nitrogens with zero attached hydrogens (tertiary/aromatic N) is 4. The lowest BCUT2D eigenvalue weighted by molar-refractivity contribution is 0.0646. The third-order valence-corrected chi connectivity index (χ3v) is 5.71. The van der Waals surface area contributed by atoms with Crippen LogP contribution in [0.5, 0.6) is 0 Å². The minimum Gasteiger partial charge on any atom is -0.456 e. The summed E-state index contributed by atoms with van der Waals surface area (Å²) in [6, 6.07) is 2.08. The zero-order chi connectivity index (χ0) is 18.0. The number of carbonyl (C=O) groups is 1. The molecule has 136 valence electrons. The van der Waals surface area contributed by atoms with Crippen molar-refractivity contribution in [2.75, 3.05) is 12.3 Å². The standard InChI is InChI=1S/C18H26N4O2S/c1-5-6-7-25-11-15-8-16(24-13(15)3)18(23)21-9-12(2)22-14(4)19-20-17(22)10-21/h8,12H,5-7,9-11H2,1-4H3/t12-/m0/s1. The van der Waals surface area contributed by atoms with Crippen molar-refractivity contribution in [2.45, 2.75) is 58.9 Å². The second-order valence-corrected chi connectivity index (χ2v) is 7.77. The summed E-state index contributed by atoms with van der Waals surface area (Å²) in [6.45, 7) is 9.29. The maximum Gasteiger partial charge on any atom is 0.290 e. The highest BCUT2D eigenvalue weighted by Crippen LogP contribution is 2.25. The number of rotatable bonds is 6. The van der Waals surface area contributed by atoms with Crippen LogP contribution in [0.4, 0.5) is 0 Å². The highest BCUT2D eigenvalue weighted by Gasteiger charge is 2.30. The van der Waals surface area contributed by atoms with Gasteiger partial charge in [-0.15, -0.1) is 10.2 Å². The largest absolute Gasteiger partial charge is 0.456 e. The molecule has 1 amide bonds. The van der Waals surface area contributed by atoms with Crippen molar-refractivity contribution in [2.24, 2.45) is 0 Å². The molecule has 1 aliphatic rings. The number of hydrogen-bond donors (Lipinski definition) is 0. The van der Waals surface area contributed by atoms with E-state index in [2.05, 4.69) is 28.6 Å². The van der Waals surface area contributed by atoms with Gasteiger partial charge in [0.05, 0.1) is 12.6 Å². The Kier molecular flexibility index (Phi) is 5.51. The van der Waals surface area contributed by atoms with Crippen LogP contribution >= 0.6 is 11.8 Å². The van der Waals surface area contributed by atoms with Crippen LogP contribution in [0.25, 0.3) is 0 Å². The van der Waals surface area contributed by atoms with Crippen LogP contribution in [-0.2, 0) is 12.3 Å². The smallest absolute Gasteiger partial charge is 0.290 e. The zero-order valence-electron chi connectivity index (χ0n) is 15.4. The van der Waals surface area contributed by atoms with Gasteiger partial charge in [0.25, 0.3) is 5.91 Å². The van der Waals surface area contributed by atoms with Gasteiger partial charge in [0.15, 0.2) is 11.6 Å². The van der Waals surface area contributed by atoms with E-state index in [1.165, 1.54) is 12.8 Å². The van der Waals surface area contributed by atoms with Crippen molar-refractivity contribution in [3.63, 3.8) is 0 Å². The molecule has 3 rings (SSSR count). The van der Waals surface area contributed by atoms with Gasteiger partial charge >= 0.3 is 0 Å². The molecule has 0 aromatic carbocycles. The quantitative estimate of drug-likeness (QED) is 0.733. The van der Waals surface area contributed by atoms with E-state index in [9.17, 15) is 4.79 Å². The molecule has 0 bridgehead atoms. The van der Waals surface area contributed by atoms with Gasteiger partial charge in [-0.1, -0.05) is 13.3 Å². The average Bonchev–Trinajstić information content (AvgIpc) is 3.14. The molecule has 0 radical (unpaired) electrons. The number of carbonyl (C=O) groups excluding carboxylic acids is 1. The first kappa shape index (κ1) is 18.0. The molecule has 0 saturated heterocycles. The minimum atomic E-state index is -0.0633. The van der Waals surface area contributed by atoms with Gasteiger partial charge in [-0.25, -0.2) is 0 Å². The molecule has 0 saturated carbocycles. The summed E-state index contributed by atoms with van der Waals surface area (Å²) >= 11 is 1.89. The van der Waals surface area contributed by atoms with Crippen LogP contribution in [0.2, 0.25) is 0 Å². The maximum atomic E-state index is 12.9. The molecule has 0 fully saturated rings. The van der Waals surface area contributed by atoms with Gasteiger partial charge < -0.3 is 13.9 Å². The second-order valence-electron chi connectivity index (χ2n) is 6.67. The Labute approximate surface area is 153 Å². The van der Waals surface area contributed by atoms with E-state index >= 15 is 0 Å². The summed E-state index contributed by atoms with van der Waals surface area (Å²) in [7, 11) is 0. The summed E-state index contributed by atoms with van der Waals surface area (Å²) in [6.07, 6.45) is 2.43. The predicted octanol–water partition coefficient (Wildman–Crippen LogP) is 3.74. The van der Waals surface area contributed by atoms with Gasteiger partial charge in [0.1, 0.15) is 11.6 Å². The summed E-state index contributed by atoms with van der Waals surface area (Å²) < 4.78 is 7.87. The van der Waals surface area contributed by atoms with Crippen molar-refractivity contribution in [1.82, 2.24) is 19.7 Å². The fraction of sp³-hybridized carbons (Fsp3) is 0.611. The van der Waals surface area contributed by atoms with Crippen LogP contribution in [-0.4, -0.2) is 37.9 Å². The van der Waals surface area contributed by atoms with E-state index in [0.29, 0.717) is 18.8 Å². The molecular formula is C18H26N4O2S. The molecule has 6 nitrogen and oxygen atoms in total. The maximum absolute atomic E-state index is 12.9. The predicted molar refractivity (Wildman–Crippen MR) is 98.7 cm³/mol. The first-order chi connectivity index (χ1) is 12.0. The molecule has 0 N–H and O–H groups in total. The lowest BCUT2D eigenvalue weighted by Gasteiger charge is -2.31. The molecule has 7 heteroatoms.